The van der Waals surface area contributed by atoms with Crippen LogP contribution in [0.3, 0.4) is 0 Å². The number of rotatable bonds is 5. The second kappa shape index (κ2) is 7.41. The Morgan fingerprint density at radius 2 is 2.00 bits per heavy atom. The standard InChI is InChI=1S/C14H21N3O3S.ClH/c1-9-4-5-12(6-13(9)21(19,20)15-3)17-14(18)10(2)11-7-16-8-11;/h4-6,10-11,15-16H,7-8H2,1-3H3,(H,17,18);1H. The molecule has 0 aliphatic carbocycles. The Kier molecular flexibility index (Phi) is 6.37. The molecule has 1 amide bonds. The average molecular weight is 348 g/mol. The number of aryl methyl sites for hydroxylation is 1. The van der Waals surface area contributed by atoms with Crippen LogP contribution in [-0.4, -0.2) is 34.5 Å². The van der Waals surface area contributed by atoms with Crippen molar-refractivity contribution in [2.45, 2.75) is 18.7 Å². The van der Waals surface area contributed by atoms with Crippen molar-refractivity contribution in [2.24, 2.45) is 11.8 Å². The van der Waals surface area contributed by atoms with Gasteiger partial charge in [0.15, 0.2) is 0 Å². The third-order valence-corrected chi connectivity index (χ3v) is 5.50. The molecule has 0 bridgehead atoms. The van der Waals surface area contributed by atoms with Crippen LogP contribution < -0.4 is 15.4 Å². The summed E-state index contributed by atoms with van der Waals surface area (Å²) in [6.07, 6.45) is 0. The number of hydrogen-bond acceptors (Lipinski definition) is 4. The summed E-state index contributed by atoms with van der Waals surface area (Å²) >= 11 is 0. The van der Waals surface area contributed by atoms with Gasteiger partial charge in [-0.25, -0.2) is 13.1 Å². The number of amides is 1. The van der Waals surface area contributed by atoms with Crippen LogP contribution in [0.25, 0.3) is 0 Å². The zero-order chi connectivity index (χ0) is 15.6. The van der Waals surface area contributed by atoms with E-state index < -0.39 is 10.0 Å². The molecule has 2 rings (SSSR count). The van der Waals surface area contributed by atoms with Crippen LogP contribution in [0.2, 0.25) is 0 Å². The van der Waals surface area contributed by atoms with Gasteiger partial charge in [-0.3, -0.25) is 4.79 Å². The number of sulfonamides is 1. The van der Waals surface area contributed by atoms with Gasteiger partial charge in [-0.15, -0.1) is 12.4 Å². The summed E-state index contributed by atoms with van der Waals surface area (Å²) in [6.45, 7) is 5.31. The van der Waals surface area contributed by atoms with E-state index in [-0.39, 0.29) is 29.1 Å². The van der Waals surface area contributed by atoms with Crippen LogP contribution in [0.4, 0.5) is 5.69 Å². The maximum absolute atomic E-state index is 12.2. The molecular weight excluding hydrogens is 326 g/mol. The predicted molar refractivity (Wildman–Crippen MR) is 88.8 cm³/mol. The second-order valence-corrected chi connectivity index (χ2v) is 7.24. The number of halogens is 1. The van der Waals surface area contributed by atoms with E-state index in [2.05, 4.69) is 15.4 Å². The summed E-state index contributed by atoms with van der Waals surface area (Å²) in [6, 6.07) is 4.90. The van der Waals surface area contributed by atoms with Gasteiger partial charge >= 0.3 is 0 Å². The zero-order valence-electron chi connectivity index (χ0n) is 12.8. The molecule has 1 aromatic carbocycles. The fourth-order valence-corrected chi connectivity index (χ4v) is 3.21. The van der Waals surface area contributed by atoms with E-state index in [0.717, 1.165) is 13.1 Å². The van der Waals surface area contributed by atoms with Gasteiger partial charge in [-0.2, -0.15) is 0 Å². The van der Waals surface area contributed by atoms with Crippen molar-refractivity contribution in [3.8, 4) is 0 Å². The lowest BCUT2D eigenvalue weighted by Crippen LogP contribution is -2.48. The number of benzene rings is 1. The van der Waals surface area contributed by atoms with Crippen LogP contribution in [0.1, 0.15) is 12.5 Å². The summed E-state index contributed by atoms with van der Waals surface area (Å²) < 4.78 is 26.1. The van der Waals surface area contributed by atoms with E-state index in [1.54, 1.807) is 19.1 Å². The van der Waals surface area contributed by atoms with Gasteiger partial charge in [0, 0.05) is 11.6 Å². The van der Waals surface area contributed by atoms with Crippen molar-refractivity contribution in [3.63, 3.8) is 0 Å². The van der Waals surface area contributed by atoms with Gasteiger partial charge in [0.05, 0.1) is 4.90 Å². The average Bonchev–Trinajstić information content (AvgIpc) is 2.38. The van der Waals surface area contributed by atoms with Crippen LogP contribution in [-0.2, 0) is 14.8 Å². The van der Waals surface area contributed by atoms with E-state index in [1.807, 2.05) is 6.92 Å². The highest BCUT2D eigenvalue weighted by atomic mass is 35.5. The molecule has 1 unspecified atom stereocenters. The molecule has 22 heavy (non-hydrogen) atoms. The summed E-state index contributed by atoms with van der Waals surface area (Å²) in [5, 5.41) is 5.93. The highest BCUT2D eigenvalue weighted by Gasteiger charge is 2.28. The van der Waals surface area contributed by atoms with Crippen LogP contribution in [0, 0.1) is 18.8 Å². The quantitative estimate of drug-likeness (QED) is 0.745. The summed E-state index contributed by atoms with van der Waals surface area (Å²) in [7, 11) is -2.16. The lowest BCUT2D eigenvalue weighted by Gasteiger charge is -2.31. The number of hydrogen-bond donors (Lipinski definition) is 3. The summed E-state index contributed by atoms with van der Waals surface area (Å²) in [5.41, 5.74) is 1.14. The Hall–Kier alpha value is -1.15. The molecule has 3 N–H and O–H groups in total. The monoisotopic (exact) mass is 347 g/mol. The van der Waals surface area contributed by atoms with Gasteiger partial charge in [0.25, 0.3) is 0 Å². The molecule has 6 nitrogen and oxygen atoms in total. The van der Waals surface area contributed by atoms with E-state index in [9.17, 15) is 13.2 Å². The maximum Gasteiger partial charge on any atom is 0.240 e. The molecule has 1 aromatic rings. The summed E-state index contributed by atoms with van der Waals surface area (Å²) in [5.74, 6) is 0.158. The molecule has 1 heterocycles. The highest BCUT2D eigenvalue weighted by Crippen LogP contribution is 2.22. The third-order valence-electron chi connectivity index (χ3n) is 3.95. The Labute approximate surface area is 137 Å². The van der Waals surface area contributed by atoms with E-state index in [1.165, 1.54) is 13.1 Å². The van der Waals surface area contributed by atoms with Gasteiger partial charge in [-0.1, -0.05) is 13.0 Å². The highest BCUT2D eigenvalue weighted by molar-refractivity contribution is 7.89. The fourth-order valence-electron chi connectivity index (χ4n) is 2.21. The molecule has 1 saturated heterocycles. The van der Waals surface area contributed by atoms with E-state index in [4.69, 9.17) is 0 Å². The van der Waals surface area contributed by atoms with Crippen molar-refractivity contribution in [2.75, 3.05) is 25.5 Å². The molecule has 0 radical (unpaired) electrons. The van der Waals surface area contributed by atoms with Crippen LogP contribution in [0.5, 0.6) is 0 Å². The molecular formula is C14H22ClN3O3S. The van der Waals surface area contributed by atoms with Crippen molar-refractivity contribution in [1.29, 1.82) is 0 Å². The van der Waals surface area contributed by atoms with Gasteiger partial charge in [-0.05, 0) is 50.7 Å². The number of carbonyl (C=O) groups excluding carboxylic acids is 1. The maximum atomic E-state index is 12.2. The molecule has 1 atom stereocenters. The molecule has 0 spiro atoms. The fraction of sp³-hybridized carbons (Fsp3) is 0.500. The van der Waals surface area contributed by atoms with E-state index >= 15 is 0 Å². The molecule has 8 heteroatoms. The lowest BCUT2D eigenvalue weighted by molar-refractivity contribution is -0.121. The Morgan fingerprint density at radius 1 is 1.36 bits per heavy atom. The van der Waals surface area contributed by atoms with Gasteiger partial charge in [0.2, 0.25) is 15.9 Å². The molecule has 1 aliphatic rings. The first-order valence-corrected chi connectivity index (χ1v) is 8.39. The smallest absolute Gasteiger partial charge is 0.240 e. The first-order valence-electron chi connectivity index (χ1n) is 6.91. The van der Waals surface area contributed by atoms with Crippen molar-refractivity contribution >= 4 is 34.0 Å². The third kappa shape index (κ3) is 3.98. The topological polar surface area (TPSA) is 87.3 Å². The largest absolute Gasteiger partial charge is 0.326 e. The number of anilines is 1. The minimum Gasteiger partial charge on any atom is -0.326 e. The van der Waals surface area contributed by atoms with Crippen molar-refractivity contribution in [1.82, 2.24) is 10.0 Å². The Bertz CT molecular complexity index is 645. The van der Waals surface area contributed by atoms with Crippen molar-refractivity contribution < 1.29 is 13.2 Å². The SMILES string of the molecule is CNS(=O)(=O)c1cc(NC(=O)C(C)C2CNC2)ccc1C.Cl. The molecule has 0 aromatic heterocycles. The van der Waals surface area contributed by atoms with Crippen LogP contribution >= 0.6 is 12.4 Å². The van der Waals surface area contributed by atoms with Gasteiger partial charge < -0.3 is 10.6 Å². The number of carbonyl (C=O) groups is 1. The second-order valence-electron chi connectivity index (χ2n) is 5.38. The van der Waals surface area contributed by atoms with Crippen molar-refractivity contribution in [3.05, 3.63) is 23.8 Å². The summed E-state index contributed by atoms with van der Waals surface area (Å²) in [4.78, 5) is 12.3. The molecule has 124 valence electrons. The Morgan fingerprint density at radius 3 is 2.50 bits per heavy atom. The first kappa shape index (κ1) is 18.9. The lowest BCUT2D eigenvalue weighted by atomic mass is 9.88. The minimum absolute atomic E-state index is 0. The van der Waals surface area contributed by atoms with Gasteiger partial charge in [0.1, 0.15) is 0 Å². The molecule has 0 saturated carbocycles. The first-order chi connectivity index (χ1) is 9.85. The van der Waals surface area contributed by atoms with Crippen LogP contribution in [0.15, 0.2) is 23.1 Å². The normalized spacial score (nSPS) is 16.3. The number of nitrogens with one attached hydrogen (secondary N) is 3. The zero-order valence-corrected chi connectivity index (χ0v) is 14.5. The molecule has 1 fully saturated rings. The Balaban J connectivity index is 0.00000242. The molecule has 1 aliphatic heterocycles. The predicted octanol–water partition coefficient (Wildman–Crippen LogP) is 1.12. The minimum atomic E-state index is -3.53. The van der Waals surface area contributed by atoms with E-state index in [0.29, 0.717) is 17.2 Å².